The molecule has 0 aromatic heterocycles. The SMILES string of the molecule is O=CC1CCN(C2CCOC3(CCSCC3)C2)CC1. The quantitative estimate of drug-likeness (QED) is 0.728. The lowest BCUT2D eigenvalue weighted by Crippen LogP contribution is -2.52. The minimum atomic E-state index is 0.190. The van der Waals surface area contributed by atoms with E-state index >= 15 is 0 Å². The minimum Gasteiger partial charge on any atom is -0.375 e. The van der Waals surface area contributed by atoms with Crippen LogP contribution in [0.1, 0.15) is 38.5 Å². The van der Waals surface area contributed by atoms with Crippen molar-refractivity contribution < 1.29 is 9.53 Å². The first kappa shape index (κ1) is 13.9. The second-order valence-corrected chi connectivity index (χ2v) is 7.52. The molecule has 3 nitrogen and oxygen atoms in total. The number of thioether (sulfide) groups is 1. The molecule has 3 fully saturated rings. The first-order valence-corrected chi connectivity index (χ1v) is 8.88. The van der Waals surface area contributed by atoms with Crippen LogP contribution in [0.4, 0.5) is 0 Å². The van der Waals surface area contributed by atoms with E-state index in [9.17, 15) is 4.79 Å². The maximum absolute atomic E-state index is 10.8. The van der Waals surface area contributed by atoms with Gasteiger partial charge in [-0.05, 0) is 63.1 Å². The summed E-state index contributed by atoms with van der Waals surface area (Å²) in [6.07, 6.45) is 8.15. The molecule has 1 unspecified atom stereocenters. The summed E-state index contributed by atoms with van der Waals surface area (Å²) in [6.45, 7) is 3.15. The molecule has 3 aliphatic heterocycles. The number of piperidine rings is 1. The molecule has 1 spiro atoms. The zero-order valence-corrected chi connectivity index (χ0v) is 12.5. The fourth-order valence-corrected chi connectivity index (χ4v) is 5.06. The van der Waals surface area contributed by atoms with Crippen LogP contribution in [0.15, 0.2) is 0 Å². The number of carbonyl (C=O) groups excluding carboxylic acids is 1. The third kappa shape index (κ3) is 3.17. The summed E-state index contributed by atoms with van der Waals surface area (Å²) in [5.74, 6) is 2.84. The number of nitrogens with zero attached hydrogens (tertiary/aromatic N) is 1. The van der Waals surface area contributed by atoms with Gasteiger partial charge >= 0.3 is 0 Å². The topological polar surface area (TPSA) is 29.5 Å². The molecule has 0 amide bonds. The third-order valence-corrected chi connectivity index (χ3v) is 6.14. The first-order valence-electron chi connectivity index (χ1n) is 7.72. The molecule has 0 aromatic carbocycles. The predicted octanol–water partition coefficient (Wildman–Crippen LogP) is 2.34. The van der Waals surface area contributed by atoms with Crippen LogP contribution in [-0.2, 0) is 9.53 Å². The molecule has 0 aliphatic carbocycles. The van der Waals surface area contributed by atoms with Crippen LogP contribution in [0.2, 0.25) is 0 Å². The highest BCUT2D eigenvalue weighted by molar-refractivity contribution is 7.99. The van der Waals surface area contributed by atoms with Gasteiger partial charge < -0.3 is 14.4 Å². The maximum Gasteiger partial charge on any atom is 0.123 e. The minimum absolute atomic E-state index is 0.190. The summed E-state index contributed by atoms with van der Waals surface area (Å²) in [5.41, 5.74) is 0.190. The van der Waals surface area contributed by atoms with Gasteiger partial charge in [-0.25, -0.2) is 0 Å². The Morgan fingerprint density at radius 2 is 1.89 bits per heavy atom. The molecule has 3 rings (SSSR count). The molecule has 0 aromatic rings. The number of carbonyl (C=O) groups is 1. The highest BCUT2D eigenvalue weighted by atomic mass is 32.2. The van der Waals surface area contributed by atoms with Crippen LogP contribution < -0.4 is 0 Å². The molecule has 0 radical (unpaired) electrons. The van der Waals surface area contributed by atoms with Gasteiger partial charge in [0.05, 0.1) is 5.60 Å². The van der Waals surface area contributed by atoms with E-state index in [1.807, 2.05) is 0 Å². The number of ether oxygens (including phenoxy) is 1. The van der Waals surface area contributed by atoms with Gasteiger partial charge in [0.2, 0.25) is 0 Å². The summed E-state index contributed by atoms with van der Waals surface area (Å²) < 4.78 is 6.17. The molecule has 3 saturated heterocycles. The van der Waals surface area contributed by atoms with Crippen LogP contribution >= 0.6 is 11.8 Å². The summed E-state index contributed by atoms with van der Waals surface area (Å²) in [6, 6.07) is 0.699. The van der Waals surface area contributed by atoms with Crippen molar-refractivity contribution in [1.82, 2.24) is 4.90 Å². The van der Waals surface area contributed by atoms with Gasteiger partial charge in [0, 0.05) is 18.6 Å². The fraction of sp³-hybridized carbons (Fsp3) is 0.933. The van der Waals surface area contributed by atoms with Crippen molar-refractivity contribution in [2.45, 2.75) is 50.2 Å². The Morgan fingerprint density at radius 3 is 2.58 bits per heavy atom. The van der Waals surface area contributed by atoms with Gasteiger partial charge in [-0.3, -0.25) is 0 Å². The number of aldehydes is 1. The lowest BCUT2D eigenvalue weighted by molar-refractivity contribution is -0.119. The predicted molar refractivity (Wildman–Crippen MR) is 78.6 cm³/mol. The van der Waals surface area contributed by atoms with Crippen LogP contribution in [0.25, 0.3) is 0 Å². The summed E-state index contributed by atoms with van der Waals surface area (Å²) >= 11 is 2.07. The van der Waals surface area contributed by atoms with E-state index in [0.29, 0.717) is 12.0 Å². The van der Waals surface area contributed by atoms with Crippen molar-refractivity contribution in [1.29, 1.82) is 0 Å². The Morgan fingerprint density at radius 1 is 1.16 bits per heavy atom. The Kier molecular flexibility index (Phi) is 4.50. The normalized spacial score (nSPS) is 33.4. The maximum atomic E-state index is 10.8. The number of hydrogen-bond acceptors (Lipinski definition) is 4. The van der Waals surface area contributed by atoms with Crippen molar-refractivity contribution in [3.63, 3.8) is 0 Å². The van der Waals surface area contributed by atoms with Gasteiger partial charge in [0.15, 0.2) is 0 Å². The highest BCUT2D eigenvalue weighted by Crippen LogP contribution is 2.39. The lowest BCUT2D eigenvalue weighted by atomic mass is 9.84. The second kappa shape index (κ2) is 6.15. The average Bonchev–Trinajstić information content (AvgIpc) is 2.48. The van der Waals surface area contributed by atoms with Gasteiger partial charge in [-0.2, -0.15) is 11.8 Å². The monoisotopic (exact) mass is 283 g/mol. The molecule has 19 heavy (non-hydrogen) atoms. The third-order valence-electron chi connectivity index (χ3n) is 5.15. The molecular formula is C15H25NO2S. The van der Waals surface area contributed by atoms with Crippen molar-refractivity contribution in [2.24, 2.45) is 5.92 Å². The van der Waals surface area contributed by atoms with E-state index in [1.165, 1.54) is 37.2 Å². The van der Waals surface area contributed by atoms with Crippen molar-refractivity contribution in [3.8, 4) is 0 Å². The molecule has 0 bridgehead atoms. The van der Waals surface area contributed by atoms with E-state index in [-0.39, 0.29) is 5.60 Å². The van der Waals surface area contributed by atoms with E-state index in [2.05, 4.69) is 16.7 Å². The van der Waals surface area contributed by atoms with E-state index < -0.39 is 0 Å². The summed E-state index contributed by atoms with van der Waals surface area (Å²) in [5, 5.41) is 0. The molecule has 0 saturated carbocycles. The smallest absolute Gasteiger partial charge is 0.123 e. The highest BCUT2D eigenvalue weighted by Gasteiger charge is 2.40. The first-order chi connectivity index (χ1) is 9.31. The van der Waals surface area contributed by atoms with Gasteiger partial charge in [0.25, 0.3) is 0 Å². The van der Waals surface area contributed by atoms with Crippen molar-refractivity contribution in [2.75, 3.05) is 31.2 Å². The molecular weight excluding hydrogens is 258 g/mol. The van der Waals surface area contributed by atoms with Gasteiger partial charge in [-0.15, -0.1) is 0 Å². The van der Waals surface area contributed by atoms with E-state index in [1.54, 1.807) is 0 Å². The lowest BCUT2D eigenvalue weighted by Gasteiger charge is -2.47. The van der Waals surface area contributed by atoms with E-state index in [0.717, 1.165) is 38.8 Å². The Bertz CT molecular complexity index is 304. The standard InChI is InChI=1S/C15H25NO2S/c17-12-13-1-6-16(7-2-13)14-3-8-18-15(11-14)4-9-19-10-5-15/h12-14H,1-11H2. The molecule has 4 heteroatoms. The molecule has 3 heterocycles. The van der Waals surface area contributed by atoms with Crippen LogP contribution in [-0.4, -0.2) is 54.0 Å². The number of hydrogen-bond donors (Lipinski definition) is 0. The number of rotatable bonds is 2. The van der Waals surface area contributed by atoms with Crippen molar-refractivity contribution in [3.05, 3.63) is 0 Å². The summed E-state index contributed by atoms with van der Waals surface area (Å²) in [4.78, 5) is 13.5. The summed E-state index contributed by atoms with van der Waals surface area (Å²) in [7, 11) is 0. The van der Waals surface area contributed by atoms with Gasteiger partial charge in [-0.1, -0.05) is 0 Å². The molecule has 3 aliphatic rings. The van der Waals surface area contributed by atoms with Crippen LogP contribution in [0.5, 0.6) is 0 Å². The molecule has 0 N–H and O–H groups in total. The van der Waals surface area contributed by atoms with Crippen LogP contribution in [0.3, 0.4) is 0 Å². The zero-order chi connectivity index (χ0) is 13.1. The Labute approximate surface area is 120 Å². The Hall–Kier alpha value is -0.0600. The zero-order valence-electron chi connectivity index (χ0n) is 11.7. The Balaban J connectivity index is 1.57. The van der Waals surface area contributed by atoms with Crippen LogP contribution in [0, 0.1) is 5.92 Å². The largest absolute Gasteiger partial charge is 0.375 e. The molecule has 108 valence electrons. The second-order valence-electron chi connectivity index (χ2n) is 6.30. The average molecular weight is 283 g/mol. The van der Waals surface area contributed by atoms with Crippen molar-refractivity contribution >= 4 is 18.0 Å². The van der Waals surface area contributed by atoms with Gasteiger partial charge in [0.1, 0.15) is 6.29 Å². The fourth-order valence-electron chi connectivity index (χ4n) is 3.83. The molecule has 1 atom stereocenters. The van der Waals surface area contributed by atoms with E-state index in [4.69, 9.17) is 4.74 Å². The number of likely N-dealkylation sites (tertiary alicyclic amines) is 1.